The van der Waals surface area contributed by atoms with E-state index in [1.807, 2.05) is 12.1 Å². The van der Waals surface area contributed by atoms with Crippen LogP contribution < -0.4 is 124 Å². The van der Waals surface area contributed by atoms with Gasteiger partial charge in [-0.1, -0.05) is 0 Å². The number of carbonyl (C=O) groups excluding carboxylic acids is 3. The summed E-state index contributed by atoms with van der Waals surface area (Å²) in [6, 6.07) is 13.2. The van der Waals surface area contributed by atoms with Crippen molar-refractivity contribution in [3.63, 3.8) is 0 Å². The van der Waals surface area contributed by atoms with Crippen molar-refractivity contribution in [3.8, 4) is 12.3 Å². The Morgan fingerprint density at radius 1 is 0.961 bits per heavy atom. The molecule has 4 rings (SSSR count). The molecule has 5 radical (unpaired) electrons. The molecular formula is C31H41B2F2IK2N4O8P. The number of ketones is 1. The van der Waals surface area contributed by atoms with Gasteiger partial charge in [0.25, 0.3) is 6.47 Å². The number of piperidine rings is 2. The molecule has 0 atom stereocenters. The number of hydrogen-bond donors (Lipinski definition) is 1. The number of anilines is 2. The van der Waals surface area contributed by atoms with Gasteiger partial charge in [0, 0.05) is 78.9 Å². The van der Waals surface area contributed by atoms with E-state index in [2.05, 4.69) is 40.5 Å². The van der Waals surface area contributed by atoms with E-state index in [0.29, 0.717) is 5.92 Å². The van der Waals surface area contributed by atoms with Gasteiger partial charge < -0.3 is 41.1 Å². The van der Waals surface area contributed by atoms with Gasteiger partial charge in [0.1, 0.15) is 17.9 Å². The third-order valence-electron chi connectivity index (χ3n) is 7.06. The number of aldehydes is 1. The van der Waals surface area contributed by atoms with Crippen LogP contribution in [0.2, 0.25) is 0 Å². The molecule has 0 aromatic heterocycles. The Balaban J connectivity index is -0.000000192. The van der Waals surface area contributed by atoms with E-state index in [1.54, 1.807) is 34.5 Å². The molecule has 2 saturated heterocycles. The van der Waals surface area contributed by atoms with Crippen LogP contribution in [0.5, 0.6) is 0 Å². The summed E-state index contributed by atoms with van der Waals surface area (Å²) in [5.41, 5.74) is 6.22. The van der Waals surface area contributed by atoms with Crippen LogP contribution >= 0.6 is 30.0 Å². The van der Waals surface area contributed by atoms with Crippen LogP contribution in [0.25, 0.3) is 0 Å². The second-order valence-corrected chi connectivity index (χ2v) is 12.1. The first-order chi connectivity index (χ1) is 23.0. The fraction of sp³-hybridized carbons (Fsp3) is 0.419. The summed E-state index contributed by atoms with van der Waals surface area (Å²) < 4.78 is 45.9. The number of halogens is 3. The van der Waals surface area contributed by atoms with Crippen LogP contribution in [0.4, 0.5) is 20.2 Å². The number of nitrogens with two attached hydrogens (primary N) is 1. The van der Waals surface area contributed by atoms with E-state index in [-0.39, 0.29) is 142 Å². The molecule has 2 aliphatic rings. The monoisotopic (exact) mass is 893 g/mol. The first-order valence-corrected chi connectivity index (χ1v) is 17.2. The molecule has 2 fully saturated rings. The second kappa shape index (κ2) is 34.5. The van der Waals surface area contributed by atoms with Crippen molar-refractivity contribution in [2.24, 2.45) is 22.8 Å². The minimum atomic E-state index is -3.57. The largest absolute Gasteiger partial charge is 1.00 e. The molecule has 12 nitrogen and oxygen atoms in total. The molecule has 2 aromatic rings. The zero-order valence-electron chi connectivity index (χ0n) is 30.6. The van der Waals surface area contributed by atoms with Gasteiger partial charge in [-0.3, -0.25) is 14.2 Å². The molecule has 2 aromatic carbocycles. The van der Waals surface area contributed by atoms with Crippen LogP contribution in [0, 0.1) is 35.8 Å². The summed E-state index contributed by atoms with van der Waals surface area (Å²) >= 11 is 1.65. The van der Waals surface area contributed by atoms with Crippen molar-refractivity contribution in [3.05, 3.63) is 60.2 Å². The third kappa shape index (κ3) is 22.8. The number of Topliss-reactive ketones (excluding diaryl/α,β-unsaturated/α-hetero) is 1. The maximum Gasteiger partial charge on any atom is 1.00 e. The van der Waals surface area contributed by atoms with Gasteiger partial charge in [0.15, 0.2) is 11.5 Å². The summed E-state index contributed by atoms with van der Waals surface area (Å²) in [4.78, 5) is 37.1. The first kappa shape index (κ1) is 57.7. The Hall–Kier alpha value is -0.0174. The molecule has 0 amide bonds. The predicted molar refractivity (Wildman–Crippen MR) is 195 cm³/mol. The number of benzene rings is 2. The van der Waals surface area contributed by atoms with E-state index < -0.39 is 13.4 Å². The molecule has 0 aliphatic carbocycles. The molecule has 51 heavy (non-hydrogen) atoms. The Kier molecular flexibility index (Phi) is 39.0. The molecule has 0 saturated carbocycles. The fourth-order valence-electron chi connectivity index (χ4n) is 4.50. The van der Waals surface area contributed by atoms with Gasteiger partial charge in [-0.25, -0.2) is 8.78 Å². The summed E-state index contributed by atoms with van der Waals surface area (Å²) in [6.45, 7) is 4.71. The van der Waals surface area contributed by atoms with Gasteiger partial charge >= 0.3 is 110 Å². The Bertz CT molecular complexity index is 1350. The van der Waals surface area contributed by atoms with Crippen LogP contribution in [0.15, 0.2) is 53.6 Å². The molecule has 0 spiro atoms. The maximum absolute atomic E-state index is 12.7. The molecular weight excluding hydrogens is 852 g/mol. The van der Waals surface area contributed by atoms with Crippen LogP contribution in [-0.2, 0) is 32.9 Å². The standard InChI is InChI=1S/C13H14FN.C12H14FNO.C5H11N2O4P.CH2O3.BI.B.2K.H/c1-2-11-7-9-15(10-8-11)13-5-3-12(14)4-6-13;13-11-1-3-12(4-2-11)14-7-5-10(9-15)6-8-14;1-4(8)5(7-6)12(9,10-2)11-3;2-1-4-3;1-2;;;;/h1,3-6,11H,7-10H2;1-4,9-10H,5-8H2;6H2,1-3H3;1,3H;;;;;/q;;;;;;2*+1;-1/p-1. The van der Waals surface area contributed by atoms with Gasteiger partial charge in [-0.05, 0) is 74.2 Å². The predicted octanol–water partition coefficient (Wildman–Crippen LogP) is -2.07. The van der Waals surface area contributed by atoms with Crippen molar-refractivity contribution < 1.29 is 151 Å². The molecule has 2 aliphatic heterocycles. The fourth-order valence-corrected chi connectivity index (χ4v) is 5.53. The van der Waals surface area contributed by atoms with Gasteiger partial charge in [-0.15, -0.1) is 12.3 Å². The van der Waals surface area contributed by atoms with E-state index in [4.69, 9.17) is 22.3 Å². The molecule has 0 unspecified atom stereocenters. The van der Waals surface area contributed by atoms with Gasteiger partial charge in [0.05, 0.1) is 0 Å². The van der Waals surface area contributed by atoms with Crippen LogP contribution in [0.3, 0.4) is 0 Å². The van der Waals surface area contributed by atoms with E-state index in [0.717, 1.165) is 83.7 Å². The second-order valence-electron chi connectivity index (χ2n) is 9.91. The first-order valence-electron chi connectivity index (χ1n) is 14.4. The number of hydrogen-bond acceptors (Lipinski definition) is 12. The van der Waals surface area contributed by atoms with Crippen molar-refractivity contribution in [1.82, 2.24) is 0 Å². The molecule has 2 heterocycles. The van der Waals surface area contributed by atoms with Crippen LogP contribution in [0.1, 0.15) is 34.0 Å². The SMILES string of the molecule is C#CC1CCN(c2ccc(F)cc2)CC1.COP(=O)(OC)C(=NN)C(C)=O.O=CC1CCN(c2ccc(F)cc2)CC1.O=CO[O-].[B].[B]I.[H-].[K+].[K+]. The zero-order chi connectivity index (χ0) is 36.5. The normalized spacial score (nSPS) is 14.0. The number of rotatable bonds is 8. The third-order valence-corrected chi connectivity index (χ3v) is 8.97. The Morgan fingerprint density at radius 3 is 1.55 bits per heavy atom. The summed E-state index contributed by atoms with van der Waals surface area (Å²) in [6.07, 6.45) is 10.3. The summed E-state index contributed by atoms with van der Waals surface area (Å²) in [5.74, 6) is 7.34. The average Bonchev–Trinajstić information content (AvgIpc) is 3.14. The van der Waals surface area contributed by atoms with E-state index >= 15 is 0 Å². The zero-order valence-corrected chi connectivity index (χ0v) is 38.9. The van der Waals surface area contributed by atoms with Gasteiger partial charge in [-0.2, -0.15) is 27.5 Å². The van der Waals surface area contributed by atoms with Crippen molar-refractivity contribution in [2.45, 2.75) is 32.6 Å². The molecule has 2 N–H and O–H groups in total. The van der Waals surface area contributed by atoms with Crippen molar-refractivity contribution in [1.29, 1.82) is 0 Å². The molecule has 267 valence electrons. The molecule has 20 heteroatoms. The average molecular weight is 893 g/mol. The minimum Gasteiger partial charge on any atom is -1.00 e. The van der Waals surface area contributed by atoms with Crippen molar-refractivity contribution in [2.75, 3.05) is 50.2 Å². The topological polar surface area (TPSA) is 164 Å². The van der Waals surface area contributed by atoms with Crippen LogP contribution in [-0.4, -0.2) is 78.5 Å². The number of terminal acetylenes is 1. The minimum absolute atomic E-state index is 0. The number of nitrogens with zero attached hydrogens (tertiary/aromatic N) is 3. The number of carbonyl (C=O) groups is 3. The number of hydrazone groups is 1. The quantitative estimate of drug-likeness (QED) is 0.0357. The Morgan fingerprint density at radius 2 is 1.31 bits per heavy atom. The smallest absolute Gasteiger partial charge is 1.00 e. The van der Waals surface area contributed by atoms with Gasteiger partial charge in [0.2, 0.25) is 5.45 Å². The van der Waals surface area contributed by atoms with E-state index in [1.165, 1.54) is 31.2 Å². The maximum atomic E-state index is 12.7. The summed E-state index contributed by atoms with van der Waals surface area (Å²) in [5, 5.41) is 11.5. The summed E-state index contributed by atoms with van der Waals surface area (Å²) in [7, 11) is -1.27. The van der Waals surface area contributed by atoms with Crippen molar-refractivity contribution >= 4 is 79.5 Å². The Labute approximate surface area is 402 Å². The molecule has 0 bridgehead atoms. The van der Waals surface area contributed by atoms with E-state index in [9.17, 15) is 22.9 Å².